The second kappa shape index (κ2) is 6.25. The summed E-state index contributed by atoms with van der Waals surface area (Å²) in [5.74, 6) is 1.63. The highest BCUT2D eigenvalue weighted by molar-refractivity contribution is 7.99. The monoisotopic (exact) mass is 368 g/mol. The van der Waals surface area contributed by atoms with E-state index in [1.54, 1.807) is 16.7 Å². The van der Waals surface area contributed by atoms with E-state index in [0.717, 1.165) is 29.7 Å². The maximum absolute atomic E-state index is 12.9. The summed E-state index contributed by atoms with van der Waals surface area (Å²) in [5.41, 5.74) is 2.21. The molecular weight excluding hydrogens is 348 g/mol. The van der Waals surface area contributed by atoms with E-state index in [2.05, 4.69) is 22.0 Å². The smallest absolute Gasteiger partial charge is 0.248 e. The predicted molar refractivity (Wildman–Crippen MR) is 100 cm³/mol. The van der Waals surface area contributed by atoms with Crippen LogP contribution < -0.4 is 0 Å². The molecule has 0 saturated carbocycles. The number of hydrogen-bond donors (Lipinski definition) is 0. The molecule has 2 atom stereocenters. The standard InChI is InChI=1S/C19H20N4O2S/c24-18-16-10-21(7-8-22(16)19(25)17-11-26-12-23(17)18)9-13-3-1-5-15-14(13)4-2-6-20-15/h1-6,16-17H,7-12H2/t16-,17+/m1/s1. The Morgan fingerprint density at radius 3 is 2.85 bits per heavy atom. The van der Waals surface area contributed by atoms with Gasteiger partial charge in [-0.1, -0.05) is 18.2 Å². The fraction of sp³-hybridized carbons (Fsp3) is 0.421. The Balaban J connectivity index is 1.38. The summed E-state index contributed by atoms with van der Waals surface area (Å²) in [6, 6.07) is 9.65. The zero-order valence-electron chi connectivity index (χ0n) is 14.4. The zero-order chi connectivity index (χ0) is 17.7. The lowest BCUT2D eigenvalue weighted by molar-refractivity contribution is -0.162. The van der Waals surface area contributed by atoms with Gasteiger partial charge in [0.15, 0.2) is 0 Å². The third kappa shape index (κ3) is 2.49. The number of thioether (sulfide) groups is 1. The summed E-state index contributed by atoms with van der Waals surface area (Å²) in [7, 11) is 0. The molecule has 3 fully saturated rings. The number of benzene rings is 1. The van der Waals surface area contributed by atoms with Crippen LogP contribution in [0.4, 0.5) is 0 Å². The Morgan fingerprint density at radius 2 is 1.92 bits per heavy atom. The highest BCUT2D eigenvalue weighted by atomic mass is 32.2. The fourth-order valence-electron chi connectivity index (χ4n) is 4.25. The molecule has 2 amide bonds. The zero-order valence-corrected chi connectivity index (χ0v) is 15.2. The molecule has 0 radical (unpaired) electrons. The molecule has 0 unspecified atom stereocenters. The van der Waals surface area contributed by atoms with Gasteiger partial charge in [0.25, 0.3) is 0 Å². The van der Waals surface area contributed by atoms with E-state index in [1.165, 1.54) is 5.56 Å². The Kier molecular flexibility index (Phi) is 3.86. The number of carbonyl (C=O) groups excluding carboxylic acids is 2. The van der Waals surface area contributed by atoms with E-state index in [4.69, 9.17) is 0 Å². The van der Waals surface area contributed by atoms with Gasteiger partial charge in [-0.2, -0.15) is 0 Å². The molecule has 0 N–H and O–H groups in total. The summed E-state index contributed by atoms with van der Waals surface area (Å²) in [4.78, 5) is 35.9. The van der Waals surface area contributed by atoms with Gasteiger partial charge in [-0.05, 0) is 17.7 Å². The molecule has 1 aromatic carbocycles. The first-order chi connectivity index (χ1) is 12.7. The number of fused-ring (bicyclic) bond motifs is 3. The fourth-order valence-corrected chi connectivity index (χ4v) is 5.41. The molecule has 3 saturated heterocycles. The first kappa shape index (κ1) is 16.1. The number of carbonyl (C=O) groups is 2. The van der Waals surface area contributed by atoms with Crippen LogP contribution in [-0.4, -0.2) is 74.8 Å². The van der Waals surface area contributed by atoms with Crippen molar-refractivity contribution in [2.75, 3.05) is 31.3 Å². The van der Waals surface area contributed by atoms with Crippen LogP contribution in [-0.2, 0) is 16.1 Å². The summed E-state index contributed by atoms with van der Waals surface area (Å²) in [6.07, 6.45) is 1.81. The van der Waals surface area contributed by atoms with Crippen LogP contribution in [0.5, 0.6) is 0 Å². The number of hydrogen-bond acceptors (Lipinski definition) is 5. The van der Waals surface area contributed by atoms with Crippen molar-refractivity contribution in [1.82, 2.24) is 19.7 Å². The molecule has 2 aromatic rings. The summed E-state index contributed by atoms with van der Waals surface area (Å²) in [6.45, 7) is 2.81. The Labute approximate surface area is 156 Å². The minimum Gasteiger partial charge on any atom is -0.326 e. The number of piperazine rings is 2. The Bertz CT molecular complexity index is 883. The normalized spacial score (nSPS) is 26.3. The minimum atomic E-state index is -0.334. The molecule has 1 aromatic heterocycles. The summed E-state index contributed by atoms with van der Waals surface area (Å²) in [5, 5.41) is 1.15. The van der Waals surface area contributed by atoms with E-state index >= 15 is 0 Å². The number of nitrogens with zero attached hydrogens (tertiary/aromatic N) is 4. The SMILES string of the molecule is O=C1[C@@H]2CSCN2C(=O)[C@H]2CN(Cc3cccc4ncccc34)CCN12. The predicted octanol–water partition coefficient (Wildman–Crippen LogP) is 1.16. The van der Waals surface area contributed by atoms with Gasteiger partial charge in [0.2, 0.25) is 11.8 Å². The molecular formula is C19H20N4O2S. The lowest BCUT2D eigenvalue weighted by atomic mass is 10.0. The summed E-state index contributed by atoms with van der Waals surface area (Å²) < 4.78 is 0. The number of rotatable bonds is 2. The van der Waals surface area contributed by atoms with Gasteiger partial charge >= 0.3 is 0 Å². The summed E-state index contributed by atoms with van der Waals surface area (Å²) >= 11 is 1.67. The molecule has 6 nitrogen and oxygen atoms in total. The van der Waals surface area contributed by atoms with Crippen molar-refractivity contribution >= 4 is 34.5 Å². The molecule has 26 heavy (non-hydrogen) atoms. The van der Waals surface area contributed by atoms with E-state index in [9.17, 15) is 9.59 Å². The van der Waals surface area contributed by atoms with Crippen LogP contribution in [0.15, 0.2) is 36.5 Å². The van der Waals surface area contributed by atoms with E-state index < -0.39 is 0 Å². The third-order valence-corrected chi connectivity index (χ3v) is 6.63. The lowest BCUT2D eigenvalue weighted by Gasteiger charge is -2.47. The Hall–Kier alpha value is -2.12. The molecule has 4 heterocycles. The van der Waals surface area contributed by atoms with Gasteiger partial charge in [-0.25, -0.2) is 0 Å². The maximum atomic E-state index is 12.9. The van der Waals surface area contributed by atoms with Crippen LogP contribution in [0.1, 0.15) is 5.56 Å². The second-order valence-corrected chi connectivity index (χ2v) is 8.09. The first-order valence-electron chi connectivity index (χ1n) is 8.96. The molecule has 0 aliphatic carbocycles. The lowest BCUT2D eigenvalue weighted by Crippen LogP contribution is -2.69. The molecule has 0 spiro atoms. The van der Waals surface area contributed by atoms with Crippen molar-refractivity contribution in [3.63, 3.8) is 0 Å². The molecule has 134 valence electrons. The highest BCUT2D eigenvalue weighted by Crippen LogP contribution is 2.31. The first-order valence-corrected chi connectivity index (χ1v) is 10.1. The molecule has 0 bridgehead atoms. The van der Waals surface area contributed by atoms with Crippen LogP contribution in [0.25, 0.3) is 10.9 Å². The average Bonchev–Trinajstić information content (AvgIpc) is 3.17. The van der Waals surface area contributed by atoms with Crippen molar-refractivity contribution in [2.24, 2.45) is 0 Å². The van der Waals surface area contributed by atoms with Crippen molar-refractivity contribution in [2.45, 2.75) is 18.6 Å². The molecule has 7 heteroatoms. The number of pyridine rings is 1. The second-order valence-electron chi connectivity index (χ2n) is 7.09. The average molecular weight is 368 g/mol. The molecule has 3 aliphatic rings. The molecule has 5 rings (SSSR count). The van der Waals surface area contributed by atoms with Crippen molar-refractivity contribution in [1.29, 1.82) is 0 Å². The largest absolute Gasteiger partial charge is 0.326 e. The van der Waals surface area contributed by atoms with Crippen molar-refractivity contribution < 1.29 is 9.59 Å². The van der Waals surface area contributed by atoms with Crippen LogP contribution >= 0.6 is 11.8 Å². The van der Waals surface area contributed by atoms with Crippen molar-refractivity contribution in [3.05, 3.63) is 42.1 Å². The highest BCUT2D eigenvalue weighted by Gasteiger charge is 2.49. The maximum Gasteiger partial charge on any atom is 0.248 e. The van der Waals surface area contributed by atoms with E-state index in [0.29, 0.717) is 19.0 Å². The third-order valence-electron chi connectivity index (χ3n) is 5.61. The number of aromatic nitrogens is 1. The Morgan fingerprint density at radius 1 is 1.04 bits per heavy atom. The van der Waals surface area contributed by atoms with E-state index in [-0.39, 0.29) is 23.9 Å². The van der Waals surface area contributed by atoms with Gasteiger partial charge in [0.05, 0.1) is 11.4 Å². The van der Waals surface area contributed by atoms with Crippen LogP contribution in [0.2, 0.25) is 0 Å². The molecule has 3 aliphatic heterocycles. The van der Waals surface area contributed by atoms with Gasteiger partial charge in [-0.15, -0.1) is 11.8 Å². The van der Waals surface area contributed by atoms with Crippen LogP contribution in [0, 0.1) is 0 Å². The van der Waals surface area contributed by atoms with Gasteiger partial charge in [-0.3, -0.25) is 19.5 Å². The minimum absolute atomic E-state index is 0.115. The van der Waals surface area contributed by atoms with Gasteiger partial charge in [0, 0.05) is 43.5 Å². The van der Waals surface area contributed by atoms with Crippen LogP contribution in [0.3, 0.4) is 0 Å². The van der Waals surface area contributed by atoms with Gasteiger partial charge in [0.1, 0.15) is 12.1 Å². The van der Waals surface area contributed by atoms with E-state index in [1.807, 2.05) is 29.3 Å². The van der Waals surface area contributed by atoms with Gasteiger partial charge < -0.3 is 9.80 Å². The van der Waals surface area contributed by atoms with Crippen molar-refractivity contribution in [3.8, 4) is 0 Å². The quantitative estimate of drug-likeness (QED) is 0.796. The topological polar surface area (TPSA) is 56.8 Å². The number of amides is 2.